The van der Waals surface area contributed by atoms with Gasteiger partial charge in [0.1, 0.15) is 6.10 Å². The molecule has 0 aliphatic heterocycles. The van der Waals surface area contributed by atoms with Gasteiger partial charge in [0.15, 0.2) is 5.78 Å². The molecular formula is C36H47NO9. The Hall–Kier alpha value is -3.56. The number of carboxylic acids is 2. The number of ether oxygens (including phenoxy) is 1. The van der Waals surface area contributed by atoms with Crippen LogP contribution in [0.15, 0.2) is 36.4 Å². The third-order valence-electron chi connectivity index (χ3n) is 12.5. The summed E-state index contributed by atoms with van der Waals surface area (Å²) in [5.74, 6) is -1.40. The van der Waals surface area contributed by atoms with E-state index in [0.29, 0.717) is 54.8 Å². The maximum atomic E-state index is 13.3. The summed E-state index contributed by atoms with van der Waals surface area (Å²) in [6.45, 7) is 7.00. The molecule has 0 heterocycles. The van der Waals surface area contributed by atoms with E-state index in [1.54, 1.807) is 0 Å². The SMILES string of the molecule is C[C@H](CCC(=O)O)C1CC[C@H]2[C@@H]3CC[C@@H]4C[C@H](OC(=O)[C@H](CC(=O)O)CC(=O)c5ccc([N+](=O)[O-])cc5)CC[C@]4(C)[C@H]3C=C[C@]12C. The second-order valence-corrected chi connectivity index (χ2v) is 15.0. The average Bonchev–Trinajstić information content (AvgIpc) is 3.36. The van der Waals surface area contributed by atoms with Crippen LogP contribution >= 0.6 is 0 Å². The number of nitro groups is 1. The van der Waals surface area contributed by atoms with Crippen LogP contribution in [0.2, 0.25) is 0 Å². The Balaban J connectivity index is 1.23. The summed E-state index contributed by atoms with van der Waals surface area (Å²) in [5.41, 5.74) is 0.173. The number of nitrogens with zero attached hydrogens (tertiary/aromatic N) is 1. The molecule has 0 aromatic heterocycles. The second kappa shape index (κ2) is 13.3. The van der Waals surface area contributed by atoms with Crippen LogP contribution in [-0.2, 0) is 19.1 Å². The number of esters is 1. The number of carbonyl (C=O) groups excluding carboxylic acids is 2. The first-order valence-electron chi connectivity index (χ1n) is 16.8. The van der Waals surface area contributed by atoms with E-state index in [0.717, 1.165) is 25.7 Å². The summed E-state index contributed by atoms with van der Waals surface area (Å²) < 4.78 is 5.93. The number of hydrogen-bond donors (Lipinski definition) is 2. The molecule has 0 radical (unpaired) electrons. The highest BCUT2D eigenvalue weighted by Crippen LogP contribution is 2.66. The third kappa shape index (κ3) is 6.63. The number of rotatable bonds is 12. The molecular weight excluding hydrogens is 590 g/mol. The number of carbonyl (C=O) groups is 4. The molecule has 10 heteroatoms. The minimum Gasteiger partial charge on any atom is -0.481 e. The number of allylic oxidation sites excluding steroid dienone is 2. The molecule has 46 heavy (non-hydrogen) atoms. The minimum absolute atomic E-state index is 0.0724. The van der Waals surface area contributed by atoms with Gasteiger partial charge in [0.25, 0.3) is 5.69 Å². The predicted octanol–water partition coefficient (Wildman–Crippen LogP) is 7.11. The second-order valence-electron chi connectivity index (χ2n) is 15.0. The van der Waals surface area contributed by atoms with Crippen molar-refractivity contribution in [3.63, 3.8) is 0 Å². The van der Waals surface area contributed by atoms with E-state index in [2.05, 4.69) is 32.9 Å². The zero-order chi connectivity index (χ0) is 33.4. The van der Waals surface area contributed by atoms with Gasteiger partial charge in [0, 0.05) is 30.5 Å². The minimum atomic E-state index is -1.20. The number of Topliss-reactive ketones (excluding diaryl/α,β-unsaturated/α-hetero) is 1. The number of non-ortho nitro benzene ring substituents is 1. The van der Waals surface area contributed by atoms with Crippen molar-refractivity contribution in [2.75, 3.05) is 0 Å². The van der Waals surface area contributed by atoms with Crippen molar-refractivity contribution in [1.82, 2.24) is 0 Å². The molecule has 3 fully saturated rings. The molecule has 3 saturated carbocycles. The highest BCUT2D eigenvalue weighted by molar-refractivity contribution is 5.98. The van der Waals surface area contributed by atoms with Crippen molar-refractivity contribution in [3.05, 3.63) is 52.1 Å². The number of nitro benzene ring substituents is 1. The standard InChI is InChI=1S/C36H47NO9/c1-21(4-13-32(39)40)28-11-12-29-27-10-7-24-20-26(14-16-35(24,2)30(27)15-17-36(28,29)3)46-34(43)23(19-33(41)42)18-31(38)22-5-8-25(9-6-22)37(44)45/h5-6,8-9,15,17,21,23-24,26-30H,4,7,10-14,16,18-20H2,1-3H3,(H,39,40)(H,41,42)/t21-,23+,24-,26-,27+,28?,29+,30+,35+,36-/m1/s1. The topological polar surface area (TPSA) is 161 Å². The van der Waals surface area contributed by atoms with Crippen molar-refractivity contribution in [3.8, 4) is 0 Å². The van der Waals surface area contributed by atoms with Crippen LogP contribution in [0.3, 0.4) is 0 Å². The van der Waals surface area contributed by atoms with E-state index in [1.165, 1.54) is 30.7 Å². The van der Waals surface area contributed by atoms with E-state index >= 15 is 0 Å². The lowest BCUT2D eigenvalue weighted by atomic mass is 9.46. The number of carboxylic acid groups (broad SMARTS) is 2. The van der Waals surface area contributed by atoms with Crippen molar-refractivity contribution in [2.45, 2.75) is 97.5 Å². The molecule has 4 aliphatic rings. The average molecular weight is 638 g/mol. The van der Waals surface area contributed by atoms with Crippen LogP contribution in [0.4, 0.5) is 5.69 Å². The zero-order valence-electron chi connectivity index (χ0n) is 27.1. The summed E-state index contributed by atoms with van der Waals surface area (Å²) >= 11 is 0. The van der Waals surface area contributed by atoms with E-state index < -0.39 is 41.0 Å². The van der Waals surface area contributed by atoms with Gasteiger partial charge in [-0.05, 0) is 110 Å². The van der Waals surface area contributed by atoms with Crippen molar-refractivity contribution < 1.29 is 39.1 Å². The molecule has 0 spiro atoms. The highest BCUT2D eigenvalue weighted by Gasteiger charge is 2.59. The van der Waals surface area contributed by atoms with Gasteiger partial charge in [-0.1, -0.05) is 32.9 Å². The van der Waals surface area contributed by atoms with Gasteiger partial charge < -0.3 is 14.9 Å². The lowest BCUT2D eigenvalue weighted by Crippen LogP contribution is -2.52. The third-order valence-corrected chi connectivity index (χ3v) is 12.5. The summed E-state index contributed by atoms with van der Waals surface area (Å²) in [6.07, 6.45) is 11.4. The molecule has 1 aromatic rings. The highest BCUT2D eigenvalue weighted by atomic mass is 16.6. The monoisotopic (exact) mass is 637 g/mol. The summed E-state index contributed by atoms with van der Waals surface area (Å²) in [5, 5.41) is 29.6. The number of hydrogen-bond acceptors (Lipinski definition) is 7. The fourth-order valence-electron chi connectivity index (χ4n) is 10.0. The maximum absolute atomic E-state index is 13.3. The number of aliphatic carboxylic acids is 2. The van der Waals surface area contributed by atoms with Gasteiger partial charge in [-0.15, -0.1) is 0 Å². The Bertz CT molecular complexity index is 1390. The lowest BCUT2D eigenvalue weighted by molar-refractivity contribution is -0.384. The Morgan fingerprint density at radius 1 is 1.00 bits per heavy atom. The summed E-state index contributed by atoms with van der Waals surface area (Å²) in [7, 11) is 0. The van der Waals surface area contributed by atoms with Crippen LogP contribution in [0.5, 0.6) is 0 Å². The first-order valence-corrected chi connectivity index (χ1v) is 16.8. The van der Waals surface area contributed by atoms with E-state index in [1.807, 2.05) is 0 Å². The van der Waals surface area contributed by atoms with E-state index in [9.17, 15) is 39.5 Å². The Morgan fingerprint density at radius 3 is 2.37 bits per heavy atom. The molecule has 10 nitrogen and oxygen atoms in total. The fraction of sp³-hybridized carbons (Fsp3) is 0.667. The van der Waals surface area contributed by atoms with Crippen molar-refractivity contribution >= 4 is 29.4 Å². The van der Waals surface area contributed by atoms with Gasteiger partial charge in [-0.3, -0.25) is 29.3 Å². The van der Waals surface area contributed by atoms with E-state index in [4.69, 9.17) is 4.74 Å². The van der Waals surface area contributed by atoms with Crippen LogP contribution in [0, 0.1) is 62.4 Å². The van der Waals surface area contributed by atoms with Crippen molar-refractivity contribution in [2.24, 2.45) is 52.3 Å². The van der Waals surface area contributed by atoms with E-state index in [-0.39, 0.29) is 41.0 Å². The molecule has 1 unspecified atom stereocenters. The quantitative estimate of drug-likeness (QED) is 0.0800. The molecule has 0 amide bonds. The van der Waals surface area contributed by atoms with Crippen molar-refractivity contribution in [1.29, 1.82) is 0 Å². The van der Waals surface area contributed by atoms with Crippen LogP contribution < -0.4 is 0 Å². The molecule has 2 N–H and O–H groups in total. The normalized spacial score (nSPS) is 34.3. The largest absolute Gasteiger partial charge is 0.481 e. The fourth-order valence-corrected chi connectivity index (χ4v) is 10.0. The first kappa shape index (κ1) is 33.8. The number of benzene rings is 1. The van der Waals surface area contributed by atoms with Crippen LogP contribution in [-0.4, -0.2) is 44.9 Å². The smallest absolute Gasteiger partial charge is 0.310 e. The number of fused-ring (bicyclic) bond motifs is 5. The molecule has 0 saturated heterocycles. The van der Waals surface area contributed by atoms with Gasteiger partial charge >= 0.3 is 17.9 Å². The first-order chi connectivity index (χ1) is 21.7. The van der Waals surface area contributed by atoms with Gasteiger partial charge in [-0.2, -0.15) is 0 Å². The maximum Gasteiger partial charge on any atom is 0.310 e. The zero-order valence-corrected chi connectivity index (χ0v) is 27.1. The Kier molecular flexibility index (Phi) is 9.76. The Morgan fingerprint density at radius 2 is 1.72 bits per heavy atom. The molecule has 250 valence electrons. The van der Waals surface area contributed by atoms with Gasteiger partial charge in [-0.25, -0.2) is 0 Å². The summed E-state index contributed by atoms with van der Waals surface area (Å²) in [6, 6.07) is 5.05. The molecule has 1 aromatic carbocycles. The lowest BCUT2D eigenvalue weighted by Gasteiger charge is -2.59. The summed E-state index contributed by atoms with van der Waals surface area (Å²) in [4.78, 5) is 59.4. The molecule has 10 atom stereocenters. The molecule has 5 rings (SSSR count). The van der Waals surface area contributed by atoms with Gasteiger partial charge in [0.2, 0.25) is 0 Å². The van der Waals surface area contributed by atoms with Crippen LogP contribution in [0.1, 0.15) is 102 Å². The number of ketones is 1. The predicted molar refractivity (Wildman–Crippen MR) is 169 cm³/mol. The van der Waals surface area contributed by atoms with Crippen LogP contribution in [0.25, 0.3) is 0 Å². The Labute approximate surface area is 270 Å². The van der Waals surface area contributed by atoms with Gasteiger partial charge in [0.05, 0.1) is 17.3 Å². The molecule has 0 bridgehead atoms. The molecule has 4 aliphatic carbocycles.